The van der Waals surface area contributed by atoms with Crippen molar-refractivity contribution in [3.05, 3.63) is 47.9 Å². The number of nitrogens with zero attached hydrogens (tertiary/aromatic N) is 1. The third-order valence-corrected chi connectivity index (χ3v) is 2.82. The van der Waals surface area contributed by atoms with Gasteiger partial charge in [-0.05, 0) is 25.1 Å². The number of hydrogen-bond acceptors (Lipinski definition) is 4. The fourth-order valence-corrected chi connectivity index (χ4v) is 1.84. The van der Waals surface area contributed by atoms with E-state index in [1.807, 2.05) is 6.92 Å². The van der Waals surface area contributed by atoms with Crippen LogP contribution in [-0.4, -0.2) is 24.5 Å². The van der Waals surface area contributed by atoms with Gasteiger partial charge in [0.1, 0.15) is 5.82 Å². The number of aromatic nitrogens is 1. The van der Waals surface area contributed by atoms with Crippen LogP contribution in [0.15, 0.2) is 36.5 Å². The number of para-hydroxylation sites is 1. The zero-order valence-corrected chi connectivity index (χ0v) is 11.8. The SMILES string of the molecule is CCNc1c(F)cccc1C(=O)Nc1ccc(OC)nc1. The van der Waals surface area contributed by atoms with Crippen LogP contribution in [0, 0.1) is 5.82 Å². The van der Waals surface area contributed by atoms with Crippen LogP contribution in [0.5, 0.6) is 5.88 Å². The molecule has 0 aliphatic rings. The van der Waals surface area contributed by atoms with E-state index in [-0.39, 0.29) is 11.3 Å². The maximum atomic E-state index is 13.8. The average molecular weight is 289 g/mol. The minimum Gasteiger partial charge on any atom is -0.481 e. The normalized spacial score (nSPS) is 10.0. The van der Waals surface area contributed by atoms with Crippen LogP contribution in [0.2, 0.25) is 0 Å². The van der Waals surface area contributed by atoms with Crippen molar-refractivity contribution in [1.29, 1.82) is 0 Å². The summed E-state index contributed by atoms with van der Waals surface area (Å²) in [5.74, 6) is -0.415. The summed E-state index contributed by atoms with van der Waals surface area (Å²) in [6, 6.07) is 7.66. The fourth-order valence-electron chi connectivity index (χ4n) is 1.84. The molecule has 1 aromatic carbocycles. The first kappa shape index (κ1) is 14.8. The number of carbonyl (C=O) groups excluding carboxylic acids is 1. The lowest BCUT2D eigenvalue weighted by atomic mass is 10.1. The number of halogens is 1. The highest BCUT2D eigenvalue weighted by atomic mass is 19.1. The Balaban J connectivity index is 2.21. The van der Waals surface area contributed by atoms with Crippen molar-refractivity contribution in [2.45, 2.75) is 6.92 Å². The monoisotopic (exact) mass is 289 g/mol. The van der Waals surface area contributed by atoms with Gasteiger partial charge in [0.25, 0.3) is 5.91 Å². The molecule has 2 N–H and O–H groups in total. The van der Waals surface area contributed by atoms with Gasteiger partial charge in [0, 0.05) is 12.6 Å². The van der Waals surface area contributed by atoms with E-state index in [2.05, 4.69) is 15.6 Å². The molecule has 1 aromatic heterocycles. The number of pyridine rings is 1. The molecule has 0 radical (unpaired) electrons. The highest BCUT2D eigenvalue weighted by Gasteiger charge is 2.14. The molecule has 5 nitrogen and oxygen atoms in total. The van der Waals surface area contributed by atoms with Crippen LogP contribution >= 0.6 is 0 Å². The second-order valence-corrected chi connectivity index (χ2v) is 4.24. The van der Waals surface area contributed by atoms with E-state index in [0.717, 1.165) is 0 Å². The Bertz CT molecular complexity index is 629. The van der Waals surface area contributed by atoms with E-state index in [1.165, 1.54) is 25.4 Å². The number of carbonyl (C=O) groups is 1. The standard InChI is InChI=1S/C15H16FN3O2/c1-3-17-14-11(5-4-6-12(14)16)15(20)19-10-7-8-13(21-2)18-9-10/h4-9,17H,3H2,1-2H3,(H,19,20). The van der Waals surface area contributed by atoms with Gasteiger partial charge in [-0.1, -0.05) is 6.07 Å². The third-order valence-electron chi connectivity index (χ3n) is 2.82. The lowest BCUT2D eigenvalue weighted by molar-refractivity contribution is 0.102. The second kappa shape index (κ2) is 6.69. The minimum absolute atomic E-state index is 0.193. The van der Waals surface area contributed by atoms with Gasteiger partial charge in [-0.25, -0.2) is 9.37 Å². The van der Waals surface area contributed by atoms with Crippen LogP contribution in [0.25, 0.3) is 0 Å². The smallest absolute Gasteiger partial charge is 0.257 e. The molecule has 0 atom stereocenters. The van der Waals surface area contributed by atoms with Gasteiger partial charge in [0.05, 0.1) is 30.2 Å². The van der Waals surface area contributed by atoms with E-state index in [0.29, 0.717) is 18.1 Å². The van der Waals surface area contributed by atoms with Crippen LogP contribution in [0.3, 0.4) is 0 Å². The number of benzene rings is 1. The highest BCUT2D eigenvalue weighted by Crippen LogP contribution is 2.21. The predicted octanol–water partition coefficient (Wildman–Crippen LogP) is 2.91. The Morgan fingerprint density at radius 1 is 1.33 bits per heavy atom. The van der Waals surface area contributed by atoms with Crippen molar-refractivity contribution in [3.63, 3.8) is 0 Å². The van der Waals surface area contributed by atoms with Gasteiger partial charge in [-0.2, -0.15) is 0 Å². The minimum atomic E-state index is -0.461. The predicted molar refractivity (Wildman–Crippen MR) is 79.3 cm³/mol. The van der Waals surface area contributed by atoms with E-state index in [4.69, 9.17) is 4.74 Å². The molecule has 0 aliphatic heterocycles. The van der Waals surface area contributed by atoms with Crippen molar-refractivity contribution in [2.24, 2.45) is 0 Å². The first-order valence-corrected chi connectivity index (χ1v) is 6.49. The van der Waals surface area contributed by atoms with Gasteiger partial charge < -0.3 is 15.4 Å². The lowest BCUT2D eigenvalue weighted by Gasteiger charge is -2.12. The fraction of sp³-hybridized carbons (Fsp3) is 0.200. The summed E-state index contributed by atoms with van der Waals surface area (Å²) in [5.41, 5.74) is 0.944. The average Bonchev–Trinajstić information content (AvgIpc) is 2.50. The summed E-state index contributed by atoms with van der Waals surface area (Å²) in [4.78, 5) is 16.2. The largest absolute Gasteiger partial charge is 0.481 e. The van der Waals surface area contributed by atoms with Crippen LogP contribution in [0.4, 0.5) is 15.8 Å². The molecule has 6 heteroatoms. The molecule has 1 amide bonds. The molecule has 0 aliphatic carbocycles. The Labute approximate surface area is 122 Å². The first-order chi connectivity index (χ1) is 10.2. The number of hydrogen-bond donors (Lipinski definition) is 2. The zero-order valence-electron chi connectivity index (χ0n) is 11.8. The van der Waals surface area contributed by atoms with Gasteiger partial charge in [-0.15, -0.1) is 0 Å². The number of ether oxygens (including phenoxy) is 1. The molecule has 2 rings (SSSR count). The second-order valence-electron chi connectivity index (χ2n) is 4.24. The molecule has 0 saturated heterocycles. The summed E-state index contributed by atoms with van der Waals surface area (Å²) in [6.45, 7) is 2.35. The molecule has 0 bridgehead atoms. The van der Waals surface area contributed by atoms with Crippen molar-refractivity contribution in [2.75, 3.05) is 24.3 Å². The van der Waals surface area contributed by atoms with Gasteiger partial charge in [0.2, 0.25) is 5.88 Å². The number of nitrogens with one attached hydrogen (secondary N) is 2. The van der Waals surface area contributed by atoms with Crippen LogP contribution in [-0.2, 0) is 0 Å². The molecular weight excluding hydrogens is 273 g/mol. The van der Waals surface area contributed by atoms with Gasteiger partial charge >= 0.3 is 0 Å². The first-order valence-electron chi connectivity index (χ1n) is 6.49. The van der Waals surface area contributed by atoms with E-state index < -0.39 is 11.7 Å². The zero-order chi connectivity index (χ0) is 15.2. The van der Waals surface area contributed by atoms with Crippen molar-refractivity contribution >= 4 is 17.3 Å². The molecule has 0 fully saturated rings. The van der Waals surface area contributed by atoms with E-state index >= 15 is 0 Å². The molecular formula is C15H16FN3O2. The molecule has 0 spiro atoms. The Morgan fingerprint density at radius 2 is 2.14 bits per heavy atom. The number of methoxy groups -OCH3 is 1. The Morgan fingerprint density at radius 3 is 2.76 bits per heavy atom. The molecule has 2 aromatic rings. The molecule has 1 heterocycles. The summed E-state index contributed by atoms with van der Waals surface area (Å²) < 4.78 is 18.7. The maximum Gasteiger partial charge on any atom is 0.257 e. The third kappa shape index (κ3) is 3.47. The molecule has 0 unspecified atom stereocenters. The van der Waals surface area contributed by atoms with E-state index in [9.17, 15) is 9.18 Å². The summed E-state index contributed by atoms with van der Waals surface area (Å²) in [7, 11) is 1.51. The summed E-state index contributed by atoms with van der Waals surface area (Å²) in [5, 5.41) is 5.53. The topological polar surface area (TPSA) is 63.2 Å². The highest BCUT2D eigenvalue weighted by molar-refractivity contribution is 6.08. The molecule has 0 saturated carbocycles. The van der Waals surface area contributed by atoms with Crippen molar-refractivity contribution in [3.8, 4) is 5.88 Å². The lowest BCUT2D eigenvalue weighted by Crippen LogP contribution is -2.16. The Kier molecular flexibility index (Phi) is 4.71. The Hall–Kier alpha value is -2.63. The quantitative estimate of drug-likeness (QED) is 0.888. The van der Waals surface area contributed by atoms with Crippen LogP contribution < -0.4 is 15.4 Å². The maximum absolute atomic E-state index is 13.8. The summed E-state index contributed by atoms with van der Waals surface area (Å²) >= 11 is 0. The number of amides is 1. The van der Waals surface area contributed by atoms with Crippen LogP contribution in [0.1, 0.15) is 17.3 Å². The molecule has 110 valence electrons. The van der Waals surface area contributed by atoms with Crippen molar-refractivity contribution in [1.82, 2.24) is 4.98 Å². The number of anilines is 2. The van der Waals surface area contributed by atoms with Gasteiger partial charge in [-0.3, -0.25) is 4.79 Å². The van der Waals surface area contributed by atoms with E-state index in [1.54, 1.807) is 18.2 Å². The summed E-state index contributed by atoms with van der Waals surface area (Å²) in [6.07, 6.45) is 1.48. The van der Waals surface area contributed by atoms with Crippen molar-refractivity contribution < 1.29 is 13.9 Å². The molecule has 21 heavy (non-hydrogen) atoms. The van der Waals surface area contributed by atoms with Gasteiger partial charge in [0.15, 0.2) is 0 Å². The number of rotatable bonds is 5.